The Labute approximate surface area is 141 Å². The minimum atomic E-state index is -0.824. The highest BCUT2D eigenvalue weighted by Gasteiger charge is 2.36. The van der Waals surface area contributed by atoms with Gasteiger partial charge in [0.25, 0.3) is 0 Å². The Kier molecular flexibility index (Phi) is 5.11. The van der Waals surface area contributed by atoms with Crippen LogP contribution in [0.25, 0.3) is 0 Å². The van der Waals surface area contributed by atoms with E-state index in [-0.39, 0.29) is 6.61 Å². The molecule has 7 heteroatoms. The first kappa shape index (κ1) is 16.9. The van der Waals surface area contributed by atoms with Crippen molar-refractivity contribution in [2.24, 2.45) is 11.8 Å². The topological polar surface area (TPSA) is 99.3 Å². The number of anilines is 1. The Balaban J connectivity index is 1.45. The lowest BCUT2D eigenvalue weighted by Crippen LogP contribution is -2.55. The third kappa shape index (κ3) is 4.30. The van der Waals surface area contributed by atoms with E-state index in [9.17, 15) is 9.90 Å². The molecule has 3 rings (SSSR count). The van der Waals surface area contributed by atoms with Crippen LogP contribution in [0.5, 0.6) is 5.75 Å². The van der Waals surface area contributed by atoms with Gasteiger partial charge in [0.05, 0.1) is 0 Å². The van der Waals surface area contributed by atoms with Crippen LogP contribution < -0.4 is 10.5 Å². The molecule has 1 aromatic carbocycles. The van der Waals surface area contributed by atoms with Crippen LogP contribution in [0, 0.1) is 11.8 Å². The molecule has 132 valence electrons. The van der Waals surface area contributed by atoms with Gasteiger partial charge in [-0.1, -0.05) is 0 Å². The molecule has 2 heterocycles. The molecule has 0 aliphatic carbocycles. The average Bonchev–Trinajstić information content (AvgIpc) is 2.53. The number of carbonyl (C=O) groups is 1. The molecule has 7 nitrogen and oxygen atoms in total. The average molecular weight is 335 g/mol. The van der Waals surface area contributed by atoms with E-state index in [1.165, 1.54) is 4.90 Å². The number of hydrogen-bond acceptors (Lipinski definition) is 5. The van der Waals surface area contributed by atoms with Crippen LogP contribution in [0.4, 0.5) is 10.5 Å². The molecule has 0 aromatic heterocycles. The first-order valence-electron chi connectivity index (χ1n) is 8.36. The second-order valence-corrected chi connectivity index (χ2v) is 6.91. The van der Waals surface area contributed by atoms with Gasteiger partial charge in [-0.05, 0) is 42.5 Å². The molecule has 2 aliphatic heterocycles. The predicted octanol–water partition coefficient (Wildman–Crippen LogP) is 0.940. The lowest BCUT2D eigenvalue weighted by molar-refractivity contribution is 0.00339. The van der Waals surface area contributed by atoms with Crippen LogP contribution in [0.2, 0.25) is 0 Å². The summed E-state index contributed by atoms with van der Waals surface area (Å²) < 4.78 is 5.59. The van der Waals surface area contributed by atoms with Gasteiger partial charge < -0.3 is 25.6 Å². The van der Waals surface area contributed by atoms with Crippen LogP contribution in [0.15, 0.2) is 24.3 Å². The highest BCUT2D eigenvalue weighted by atomic mass is 16.5. The third-order valence-electron chi connectivity index (χ3n) is 4.72. The van der Waals surface area contributed by atoms with Gasteiger partial charge in [-0.2, -0.15) is 0 Å². The predicted molar refractivity (Wildman–Crippen MR) is 90.0 cm³/mol. The van der Waals surface area contributed by atoms with Crippen molar-refractivity contribution >= 4 is 11.8 Å². The van der Waals surface area contributed by atoms with Gasteiger partial charge in [0.2, 0.25) is 0 Å². The fourth-order valence-electron chi connectivity index (χ4n) is 3.80. The van der Waals surface area contributed by atoms with E-state index in [1.807, 2.05) is 0 Å². The van der Waals surface area contributed by atoms with Crippen molar-refractivity contribution in [3.05, 3.63) is 24.3 Å². The number of fused-ring (bicyclic) bond motifs is 2. The van der Waals surface area contributed by atoms with Crippen LogP contribution >= 0.6 is 0 Å². The molecule has 0 spiro atoms. The van der Waals surface area contributed by atoms with Gasteiger partial charge in [0.15, 0.2) is 0 Å². The summed E-state index contributed by atoms with van der Waals surface area (Å²) in [6.07, 6.45) is -0.315. The number of nitrogens with two attached hydrogens (primary N) is 1. The largest absolute Gasteiger partial charge is 0.491 e. The summed E-state index contributed by atoms with van der Waals surface area (Å²) in [7, 11) is 0. The minimum Gasteiger partial charge on any atom is -0.491 e. The number of likely N-dealkylation sites (tertiary alicyclic amines) is 2. The van der Waals surface area contributed by atoms with Crippen molar-refractivity contribution in [1.82, 2.24) is 9.80 Å². The maximum atomic E-state index is 11.1. The van der Waals surface area contributed by atoms with E-state index >= 15 is 0 Å². The smallest absolute Gasteiger partial charge is 0.407 e. The van der Waals surface area contributed by atoms with Gasteiger partial charge in [-0.25, -0.2) is 4.79 Å². The molecule has 1 amide bonds. The number of nitrogen functional groups attached to an aromatic ring is 1. The molecular weight excluding hydrogens is 310 g/mol. The monoisotopic (exact) mass is 335 g/mol. The van der Waals surface area contributed by atoms with E-state index in [2.05, 4.69) is 4.90 Å². The van der Waals surface area contributed by atoms with Gasteiger partial charge in [-0.3, -0.25) is 4.90 Å². The number of piperidine rings is 2. The fraction of sp³-hybridized carbons (Fsp3) is 0.588. The summed E-state index contributed by atoms with van der Waals surface area (Å²) in [4.78, 5) is 14.9. The third-order valence-corrected chi connectivity index (χ3v) is 4.72. The van der Waals surface area contributed by atoms with Crippen LogP contribution in [-0.2, 0) is 0 Å². The summed E-state index contributed by atoms with van der Waals surface area (Å²) >= 11 is 0. The lowest BCUT2D eigenvalue weighted by Gasteiger charge is -2.45. The normalized spacial score (nSPS) is 25.3. The Bertz CT molecular complexity index is 551. The summed E-state index contributed by atoms with van der Waals surface area (Å²) in [6.45, 7) is 3.64. The maximum absolute atomic E-state index is 11.1. The lowest BCUT2D eigenvalue weighted by atomic mass is 9.85. The second-order valence-electron chi connectivity index (χ2n) is 6.91. The number of aliphatic hydroxyl groups excluding tert-OH is 1. The number of carboxylic acid groups (broad SMARTS) is 1. The van der Waals surface area contributed by atoms with Crippen LogP contribution in [0.3, 0.4) is 0 Å². The SMILES string of the molecule is Nc1ccc(OCC(O)CN2CC3CC(C2)CN(C(=O)O)C3)cc1. The highest BCUT2D eigenvalue weighted by molar-refractivity contribution is 5.65. The van der Waals surface area contributed by atoms with Crippen LogP contribution in [-0.4, -0.2) is 71.5 Å². The molecule has 1 aromatic rings. The number of amides is 1. The number of benzene rings is 1. The number of nitrogens with zero attached hydrogens (tertiary/aromatic N) is 2. The molecule has 3 unspecified atom stereocenters. The number of hydrogen-bond donors (Lipinski definition) is 3. The number of ether oxygens (including phenoxy) is 1. The van der Waals surface area contributed by atoms with Crippen molar-refractivity contribution in [1.29, 1.82) is 0 Å². The zero-order valence-corrected chi connectivity index (χ0v) is 13.7. The van der Waals surface area contributed by atoms with E-state index in [4.69, 9.17) is 15.6 Å². The zero-order chi connectivity index (χ0) is 17.1. The molecule has 2 saturated heterocycles. The molecule has 2 aliphatic rings. The molecular formula is C17H25N3O4. The van der Waals surface area contributed by atoms with Gasteiger partial charge >= 0.3 is 6.09 Å². The molecule has 3 atom stereocenters. The van der Waals surface area contributed by atoms with Crippen molar-refractivity contribution < 1.29 is 19.7 Å². The Hall–Kier alpha value is -1.99. The summed E-state index contributed by atoms with van der Waals surface area (Å²) in [5, 5.41) is 19.4. The summed E-state index contributed by atoms with van der Waals surface area (Å²) in [5.74, 6) is 1.41. The van der Waals surface area contributed by atoms with E-state index in [0.717, 1.165) is 19.5 Å². The minimum absolute atomic E-state index is 0.233. The van der Waals surface area contributed by atoms with Gasteiger partial charge in [-0.15, -0.1) is 0 Å². The molecule has 2 fully saturated rings. The molecule has 0 radical (unpaired) electrons. The molecule has 4 N–H and O–H groups in total. The van der Waals surface area contributed by atoms with E-state index in [0.29, 0.717) is 42.9 Å². The molecule has 24 heavy (non-hydrogen) atoms. The second kappa shape index (κ2) is 7.27. The Morgan fingerprint density at radius 1 is 1.21 bits per heavy atom. The van der Waals surface area contributed by atoms with E-state index < -0.39 is 12.2 Å². The van der Waals surface area contributed by atoms with Crippen molar-refractivity contribution in [2.75, 3.05) is 45.1 Å². The van der Waals surface area contributed by atoms with Gasteiger partial charge in [0, 0.05) is 38.4 Å². The Morgan fingerprint density at radius 2 is 1.83 bits per heavy atom. The first-order valence-corrected chi connectivity index (χ1v) is 8.36. The van der Waals surface area contributed by atoms with Gasteiger partial charge in [0.1, 0.15) is 18.5 Å². The Morgan fingerprint density at radius 3 is 2.42 bits per heavy atom. The molecule has 0 saturated carbocycles. The highest BCUT2D eigenvalue weighted by Crippen LogP contribution is 2.28. The fourth-order valence-corrected chi connectivity index (χ4v) is 3.80. The van der Waals surface area contributed by atoms with Crippen LogP contribution in [0.1, 0.15) is 6.42 Å². The zero-order valence-electron chi connectivity index (χ0n) is 13.7. The standard InChI is InChI=1S/C17H25N3O4/c18-14-1-3-16(4-2-14)24-11-15(21)10-19-6-12-5-13(7-19)9-20(8-12)17(22)23/h1-4,12-13,15,21H,5-11,18H2,(H,22,23). The van der Waals surface area contributed by atoms with Crippen molar-refractivity contribution in [3.8, 4) is 5.75 Å². The maximum Gasteiger partial charge on any atom is 0.407 e. The quantitative estimate of drug-likeness (QED) is 0.693. The number of β-amino-alcohol motifs (C(OH)–C–C–N with tert-alkyl or cyclic N) is 1. The number of rotatable bonds is 5. The summed E-state index contributed by atoms with van der Waals surface area (Å²) in [6, 6.07) is 7.10. The summed E-state index contributed by atoms with van der Waals surface area (Å²) in [5.41, 5.74) is 6.31. The van der Waals surface area contributed by atoms with Crippen molar-refractivity contribution in [3.63, 3.8) is 0 Å². The number of aliphatic hydroxyl groups is 1. The van der Waals surface area contributed by atoms with E-state index in [1.54, 1.807) is 24.3 Å². The molecule has 2 bridgehead atoms. The first-order chi connectivity index (χ1) is 11.5. The van der Waals surface area contributed by atoms with Crippen molar-refractivity contribution in [2.45, 2.75) is 12.5 Å².